The van der Waals surface area contributed by atoms with Crippen LogP contribution in [0.4, 0.5) is 0 Å². The van der Waals surface area contributed by atoms with Crippen LogP contribution < -0.4 is 5.32 Å². The van der Waals surface area contributed by atoms with Crippen molar-refractivity contribution >= 4 is 17.7 Å². The van der Waals surface area contributed by atoms with Crippen LogP contribution in [0.2, 0.25) is 0 Å². The molecule has 0 aromatic heterocycles. The Morgan fingerprint density at radius 1 is 1.16 bits per heavy atom. The summed E-state index contributed by atoms with van der Waals surface area (Å²) >= 11 is 0. The molecule has 0 aromatic rings. The van der Waals surface area contributed by atoms with Crippen LogP contribution in [-0.4, -0.2) is 89.6 Å². The van der Waals surface area contributed by atoms with Crippen LogP contribution in [-0.2, 0) is 19.1 Å². The highest BCUT2D eigenvalue weighted by Gasteiger charge is 2.58. The first-order valence-electron chi connectivity index (χ1n) is 12.1. The minimum atomic E-state index is -0.500. The highest BCUT2D eigenvalue weighted by atomic mass is 16.6. The second-order valence-electron chi connectivity index (χ2n) is 10.2. The van der Waals surface area contributed by atoms with Crippen LogP contribution in [0.5, 0.6) is 0 Å². The normalized spacial score (nSPS) is 32.6. The van der Waals surface area contributed by atoms with Crippen molar-refractivity contribution in [2.24, 2.45) is 17.8 Å². The number of carbonyl (C=O) groups excluding carboxylic acids is 3. The van der Waals surface area contributed by atoms with E-state index in [4.69, 9.17) is 4.74 Å². The Labute approximate surface area is 185 Å². The van der Waals surface area contributed by atoms with Gasteiger partial charge in [0.05, 0.1) is 13.2 Å². The van der Waals surface area contributed by atoms with Gasteiger partial charge in [0.15, 0.2) is 6.10 Å². The Balaban J connectivity index is 1.65. The maximum absolute atomic E-state index is 13.6. The number of nitrogens with one attached hydrogen (secondary N) is 1. The Morgan fingerprint density at radius 3 is 2.42 bits per heavy atom. The summed E-state index contributed by atoms with van der Waals surface area (Å²) in [5, 5.41) is 3.38. The second kappa shape index (κ2) is 9.06. The van der Waals surface area contributed by atoms with Crippen LogP contribution >= 0.6 is 0 Å². The smallest absolute Gasteiger partial charge is 0.256 e. The molecule has 0 radical (unpaired) electrons. The third-order valence-corrected chi connectivity index (χ3v) is 7.44. The summed E-state index contributed by atoms with van der Waals surface area (Å²) in [6, 6.07) is -0.995. The second-order valence-corrected chi connectivity index (χ2v) is 10.2. The van der Waals surface area contributed by atoms with E-state index in [9.17, 15) is 14.4 Å². The van der Waals surface area contributed by atoms with Crippen molar-refractivity contribution in [2.45, 2.75) is 77.7 Å². The average molecular weight is 435 g/mol. The van der Waals surface area contributed by atoms with Gasteiger partial charge in [-0.25, -0.2) is 0 Å². The third-order valence-electron chi connectivity index (χ3n) is 7.44. The van der Waals surface area contributed by atoms with E-state index < -0.39 is 18.2 Å². The number of rotatable bonds is 7. The predicted octanol–water partition coefficient (Wildman–Crippen LogP) is 1.05. The number of epoxide rings is 1. The molecular formula is C23H38N4O4. The van der Waals surface area contributed by atoms with Crippen molar-refractivity contribution in [3.63, 3.8) is 0 Å². The summed E-state index contributed by atoms with van der Waals surface area (Å²) < 4.78 is 5.31. The molecule has 0 spiro atoms. The van der Waals surface area contributed by atoms with Gasteiger partial charge in [-0.1, -0.05) is 34.1 Å². The third kappa shape index (κ3) is 4.33. The predicted molar refractivity (Wildman–Crippen MR) is 116 cm³/mol. The Bertz CT molecular complexity index is 704. The monoisotopic (exact) mass is 434 g/mol. The maximum atomic E-state index is 13.6. The van der Waals surface area contributed by atoms with Gasteiger partial charge in [-0.2, -0.15) is 0 Å². The van der Waals surface area contributed by atoms with Gasteiger partial charge in [0, 0.05) is 6.54 Å². The SMILES string of the molecule is CCC(C)[C@H]1C(=O)N(CC2CCNCC2)CC2N1C(=O)[C@H](CC(C)C)N2C(=O)C1CO1. The highest BCUT2D eigenvalue weighted by molar-refractivity contribution is 5.97. The van der Waals surface area contributed by atoms with Gasteiger partial charge in [0.2, 0.25) is 11.8 Å². The molecule has 3 amide bonds. The molecule has 0 aliphatic carbocycles. The number of fused-ring (bicyclic) bond motifs is 1. The fraction of sp³-hybridized carbons (Fsp3) is 0.870. The molecule has 8 heteroatoms. The molecule has 4 aliphatic rings. The molecule has 4 heterocycles. The number of ether oxygens (including phenoxy) is 1. The fourth-order valence-corrected chi connectivity index (χ4v) is 5.47. The first kappa shape index (κ1) is 22.5. The van der Waals surface area contributed by atoms with Crippen molar-refractivity contribution < 1.29 is 19.1 Å². The molecule has 5 atom stereocenters. The fourth-order valence-electron chi connectivity index (χ4n) is 5.47. The molecule has 0 saturated carbocycles. The molecule has 8 nitrogen and oxygen atoms in total. The van der Waals surface area contributed by atoms with E-state index >= 15 is 0 Å². The molecule has 4 aliphatic heterocycles. The standard InChI is InChI=1S/C23H38N4O4/c1-5-15(4)20-23(30)25(11-16-6-8-24-9-7-16)12-19-26(22(29)18-13-31-18)17(10-14(2)3)21(28)27(19)20/h14-20,24H,5-13H2,1-4H3/t15?,17-,18?,19?,20-/m0/s1. The number of hydrogen-bond acceptors (Lipinski definition) is 5. The molecule has 4 saturated heterocycles. The molecule has 1 N–H and O–H groups in total. The first-order chi connectivity index (χ1) is 14.8. The minimum Gasteiger partial charge on any atom is -0.363 e. The van der Waals surface area contributed by atoms with Crippen LogP contribution in [0.1, 0.15) is 53.4 Å². The molecular weight excluding hydrogens is 396 g/mol. The molecule has 3 unspecified atom stereocenters. The number of amides is 3. The van der Waals surface area contributed by atoms with Crippen molar-refractivity contribution in [3.8, 4) is 0 Å². The van der Waals surface area contributed by atoms with Crippen molar-refractivity contribution in [1.82, 2.24) is 20.0 Å². The van der Waals surface area contributed by atoms with Gasteiger partial charge in [0.1, 0.15) is 18.2 Å². The molecule has 0 aromatic carbocycles. The molecule has 4 rings (SSSR count). The zero-order valence-corrected chi connectivity index (χ0v) is 19.4. The summed E-state index contributed by atoms with van der Waals surface area (Å²) in [5.41, 5.74) is 0. The van der Waals surface area contributed by atoms with Gasteiger partial charge in [-0.15, -0.1) is 0 Å². The van der Waals surface area contributed by atoms with Crippen LogP contribution in [0.15, 0.2) is 0 Å². The van der Waals surface area contributed by atoms with E-state index in [1.54, 1.807) is 9.80 Å². The number of piperazine rings is 1. The van der Waals surface area contributed by atoms with Gasteiger partial charge in [-0.05, 0) is 50.1 Å². The Morgan fingerprint density at radius 2 is 1.84 bits per heavy atom. The molecule has 4 fully saturated rings. The number of hydrogen-bond donors (Lipinski definition) is 1. The lowest BCUT2D eigenvalue weighted by molar-refractivity contribution is -0.159. The lowest BCUT2D eigenvalue weighted by atomic mass is 9.91. The molecule has 0 bridgehead atoms. The summed E-state index contributed by atoms with van der Waals surface area (Å²) in [6.07, 6.45) is 2.72. The Kier molecular flexibility index (Phi) is 6.58. The van der Waals surface area contributed by atoms with Gasteiger partial charge < -0.3 is 24.8 Å². The van der Waals surface area contributed by atoms with Crippen molar-refractivity contribution in [1.29, 1.82) is 0 Å². The van der Waals surface area contributed by atoms with Gasteiger partial charge >= 0.3 is 0 Å². The first-order valence-corrected chi connectivity index (χ1v) is 12.1. The van der Waals surface area contributed by atoms with E-state index in [1.807, 2.05) is 11.8 Å². The maximum Gasteiger partial charge on any atom is 0.256 e. The minimum absolute atomic E-state index is 0.0432. The van der Waals surface area contributed by atoms with E-state index in [2.05, 4.69) is 26.1 Å². The summed E-state index contributed by atoms with van der Waals surface area (Å²) in [6.45, 7) is 11.8. The largest absolute Gasteiger partial charge is 0.363 e. The van der Waals surface area contributed by atoms with E-state index in [0.29, 0.717) is 32.0 Å². The van der Waals surface area contributed by atoms with Crippen LogP contribution in [0.3, 0.4) is 0 Å². The average Bonchev–Trinajstić information content (AvgIpc) is 3.56. The van der Waals surface area contributed by atoms with Crippen molar-refractivity contribution in [3.05, 3.63) is 0 Å². The topological polar surface area (TPSA) is 85.5 Å². The zero-order valence-electron chi connectivity index (χ0n) is 19.4. The molecule has 174 valence electrons. The van der Waals surface area contributed by atoms with Crippen LogP contribution in [0.25, 0.3) is 0 Å². The van der Waals surface area contributed by atoms with E-state index in [0.717, 1.165) is 32.4 Å². The lowest BCUT2D eigenvalue weighted by Crippen LogP contribution is -2.66. The van der Waals surface area contributed by atoms with Crippen LogP contribution in [0, 0.1) is 17.8 Å². The summed E-state index contributed by atoms with van der Waals surface area (Å²) in [4.78, 5) is 46.0. The Hall–Kier alpha value is -1.67. The van der Waals surface area contributed by atoms with E-state index in [1.165, 1.54) is 0 Å². The number of piperidine rings is 1. The summed E-state index contributed by atoms with van der Waals surface area (Å²) in [7, 11) is 0. The van der Waals surface area contributed by atoms with Gasteiger partial charge in [-0.3, -0.25) is 14.4 Å². The summed E-state index contributed by atoms with van der Waals surface area (Å²) in [5.74, 6) is 0.681. The zero-order chi connectivity index (χ0) is 22.3. The molecule has 31 heavy (non-hydrogen) atoms. The number of nitrogens with zero attached hydrogens (tertiary/aromatic N) is 3. The lowest BCUT2D eigenvalue weighted by Gasteiger charge is -2.47. The highest BCUT2D eigenvalue weighted by Crippen LogP contribution is 2.37. The van der Waals surface area contributed by atoms with E-state index in [-0.39, 0.29) is 35.7 Å². The van der Waals surface area contributed by atoms with Crippen molar-refractivity contribution in [2.75, 3.05) is 32.8 Å². The quantitative estimate of drug-likeness (QED) is 0.606. The number of carbonyl (C=O) groups is 3. The van der Waals surface area contributed by atoms with Gasteiger partial charge in [0.25, 0.3) is 5.91 Å².